The second-order valence-electron chi connectivity index (χ2n) is 10.8. The van der Waals surface area contributed by atoms with E-state index in [-0.39, 0.29) is 0 Å². The van der Waals surface area contributed by atoms with Gasteiger partial charge in [-0.05, 0) is 51.0 Å². The Morgan fingerprint density at radius 2 is 0.884 bits per heavy atom. The van der Waals surface area contributed by atoms with Gasteiger partial charge in [0.1, 0.15) is 0 Å². The first kappa shape index (κ1) is 29.7. The molecule has 212 valence electrons. The van der Waals surface area contributed by atoms with E-state index in [1.807, 2.05) is 0 Å². The molecule has 0 radical (unpaired) electrons. The van der Waals surface area contributed by atoms with E-state index in [9.17, 15) is 0 Å². The number of nitrogens with zero attached hydrogens (tertiary/aromatic N) is 2. The van der Waals surface area contributed by atoms with Crippen molar-refractivity contribution >= 4 is 60.4 Å². The van der Waals surface area contributed by atoms with Gasteiger partial charge in [-0.1, -0.05) is 48.5 Å². The molecule has 0 spiro atoms. The zero-order valence-corrected chi connectivity index (χ0v) is 28.7. The second-order valence-corrected chi connectivity index (χ2v) is 14.5. The van der Waals surface area contributed by atoms with Crippen molar-refractivity contribution in [2.75, 3.05) is 0 Å². The number of hydrogen-bond donors (Lipinski definition) is 0. The third kappa shape index (κ3) is 5.33. The normalized spacial score (nSPS) is 10.9. The number of aromatic nitrogens is 2. The van der Waals surface area contributed by atoms with Gasteiger partial charge in [-0.3, -0.25) is 0 Å². The van der Waals surface area contributed by atoms with Crippen LogP contribution in [0.15, 0.2) is 121 Å². The van der Waals surface area contributed by atoms with Crippen molar-refractivity contribution in [1.82, 2.24) is 9.13 Å². The van der Waals surface area contributed by atoms with Crippen LogP contribution in [-0.4, -0.2) is 9.13 Å². The minimum absolute atomic E-state index is 0.826. The Hall–Kier alpha value is -3.36. The van der Waals surface area contributed by atoms with E-state index < -0.39 is 20.8 Å². The Bertz CT molecular complexity index is 2030. The van der Waals surface area contributed by atoms with Gasteiger partial charge in [0.15, 0.2) is 0 Å². The number of benzene rings is 4. The number of halogens is 2. The molecule has 0 bridgehead atoms. The van der Waals surface area contributed by atoms with Crippen molar-refractivity contribution in [3.05, 3.63) is 144 Å². The number of para-hydroxylation sites is 2. The molecule has 0 fully saturated rings. The molecule has 8 rings (SSSR count). The van der Waals surface area contributed by atoms with Gasteiger partial charge in [0.25, 0.3) is 0 Å². The topological polar surface area (TPSA) is 9.86 Å². The summed E-state index contributed by atoms with van der Waals surface area (Å²) in [5.41, 5.74) is 10.5. The van der Waals surface area contributed by atoms with Gasteiger partial charge >= 0.3 is 37.9 Å². The summed E-state index contributed by atoms with van der Waals surface area (Å²) in [5.74, 6) is 0. The van der Waals surface area contributed by atoms with E-state index in [2.05, 4.69) is 158 Å². The standard InChI is InChI=1S/2C19H16N.2ClH.Zr/c2*1-13-14(2)20(18-11-4-3-9-16(13)18)19-12-6-8-15-7-5-10-17(15)19;;;/h2*3-12H,1-2H3;2*1H;/q2*-1;;;+4/p-2. The Kier molecular flexibility index (Phi) is 8.78. The van der Waals surface area contributed by atoms with E-state index >= 15 is 0 Å². The predicted molar refractivity (Wildman–Crippen MR) is 183 cm³/mol. The van der Waals surface area contributed by atoms with Gasteiger partial charge in [-0.2, -0.15) is 24.3 Å². The molecule has 0 unspecified atom stereocenters. The van der Waals surface area contributed by atoms with Crippen LogP contribution in [0.2, 0.25) is 0 Å². The van der Waals surface area contributed by atoms with E-state index in [1.165, 1.54) is 77.2 Å². The summed E-state index contributed by atoms with van der Waals surface area (Å²) >= 11 is -0.826. The molecule has 0 atom stereocenters. The molecule has 2 heterocycles. The van der Waals surface area contributed by atoms with E-state index in [4.69, 9.17) is 17.0 Å². The molecule has 0 aliphatic rings. The van der Waals surface area contributed by atoms with Crippen molar-refractivity contribution in [2.45, 2.75) is 27.7 Å². The Labute approximate surface area is 271 Å². The molecule has 2 nitrogen and oxygen atoms in total. The molecule has 8 aromatic rings. The monoisotopic (exact) mass is 676 g/mol. The fourth-order valence-corrected chi connectivity index (χ4v) is 6.36. The fraction of sp³-hybridized carbons (Fsp3) is 0.105. The average Bonchev–Trinajstić information content (AvgIpc) is 3.81. The average molecular weight is 679 g/mol. The predicted octanol–water partition coefficient (Wildman–Crippen LogP) is 11.6. The minimum atomic E-state index is -0.826. The first-order valence-electron chi connectivity index (χ1n) is 14.4. The van der Waals surface area contributed by atoms with E-state index in [0.717, 1.165) is 0 Å². The molecule has 0 saturated heterocycles. The Morgan fingerprint density at radius 1 is 0.488 bits per heavy atom. The number of aryl methyl sites for hydroxylation is 2. The summed E-state index contributed by atoms with van der Waals surface area (Å²) in [7, 11) is 9.87. The number of rotatable bonds is 2. The zero-order valence-electron chi connectivity index (χ0n) is 24.7. The molecule has 0 amide bonds. The van der Waals surface area contributed by atoms with Gasteiger partial charge in [-0.25, -0.2) is 0 Å². The van der Waals surface area contributed by atoms with Gasteiger partial charge in [0.2, 0.25) is 0 Å². The van der Waals surface area contributed by atoms with Gasteiger partial charge in [0, 0.05) is 33.5 Å². The van der Waals surface area contributed by atoms with Gasteiger partial charge < -0.3 is 9.13 Å². The van der Waals surface area contributed by atoms with Crippen molar-refractivity contribution < 1.29 is 20.8 Å². The van der Waals surface area contributed by atoms with Crippen molar-refractivity contribution in [3.63, 3.8) is 0 Å². The third-order valence-corrected chi connectivity index (χ3v) is 8.65. The molecular formula is C38H32Cl2N2Zr. The van der Waals surface area contributed by atoms with Crippen LogP contribution in [0.3, 0.4) is 0 Å². The van der Waals surface area contributed by atoms with Crippen LogP contribution in [0.1, 0.15) is 22.5 Å². The number of hydrogen-bond acceptors (Lipinski definition) is 0. The maximum absolute atomic E-state index is 4.93. The zero-order chi connectivity index (χ0) is 30.1. The molecule has 2 aromatic heterocycles. The van der Waals surface area contributed by atoms with Crippen molar-refractivity contribution in [1.29, 1.82) is 0 Å². The van der Waals surface area contributed by atoms with Crippen LogP contribution >= 0.6 is 17.0 Å². The van der Waals surface area contributed by atoms with Crippen LogP contribution in [0.5, 0.6) is 0 Å². The van der Waals surface area contributed by atoms with E-state index in [1.54, 1.807) is 0 Å². The molecule has 43 heavy (non-hydrogen) atoms. The SMILES string of the molecule is Cc1c(C)n(-c2cccc3[cH-]ccc23)c2ccccc12.Cc1c(C)n(-c2cccc3[cH-]ccc23)c2ccccc12.[Cl][Zr+2][Cl]. The molecule has 0 N–H and O–H groups in total. The molecule has 0 aliphatic heterocycles. The molecule has 0 aliphatic carbocycles. The summed E-state index contributed by atoms with van der Waals surface area (Å²) in [5, 5.41) is 7.92. The van der Waals surface area contributed by atoms with Crippen LogP contribution in [-0.2, 0) is 20.8 Å². The quantitative estimate of drug-likeness (QED) is 0.161. The summed E-state index contributed by atoms with van der Waals surface area (Å²) in [6.45, 7) is 8.83. The molecular weight excluding hydrogens is 647 g/mol. The molecule has 0 saturated carbocycles. The first-order valence-corrected chi connectivity index (χ1v) is 20.7. The van der Waals surface area contributed by atoms with Crippen LogP contribution < -0.4 is 0 Å². The Morgan fingerprint density at radius 3 is 1.30 bits per heavy atom. The van der Waals surface area contributed by atoms with Gasteiger partial charge in [-0.15, -0.1) is 57.9 Å². The summed E-state index contributed by atoms with van der Waals surface area (Å²) in [6, 6.07) is 43.3. The summed E-state index contributed by atoms with van der Waals surface area (Å²) in [6.07, 6.45) is 0. The van der Waals surface area contributed by atoms with Crippen LogP contribution in [0.4, 0.5) is 0 Å². The first-order chi connectivity index (χ1) is 21.0. The van der Waals surface area contributed by atoms with Crippen LogP contribution in [0, 0.1) is 27.7 Å². The van der Waals surface area contributed by atoms with E-state index in [0.29, 0.717) is 0 Å². The molecule has 6 aromatic carbocycles. The Balaban J connectivity index is 0.000000141. The van der Waals surface area contributed by atoms with Crippen LogP contribution in [0.25, 0.3) is 54.7 Å². The maximum atomic E-state index is 4.93. The molecule has 5 heteroatoms. The van der Waals surface area contributed by atoms with Gasteiger partial charge in [0.05, 0.1) is 11.0 Å². The number of fused-ring (bicyclic) bond motifs is 4. The van der Waals surface area contributed by atoms with Crippen molar-refractivity contribution in [2.24, 2.45) is 0 Å². The van der Waals surface area contributed by atoms with Crippen molar-refractivity contribution in [3.8, 4) is 11.4 Å². The fourth-order valence-electron chi connectivity index (χ4n) is 6.36. The second kappa shape index (κ2) is 12.7. The third-order valence-electron chi connectivity index (χ3n) is 8.65. The summed E-state index contributed by atoms with van der Waals surface area (Å²) < 4.78 is 4.76. The summed E-state index contributed by atoms with van der Waals surface area (Å²) in [4.78, 5) is 0.